The molecule has 1 aromatic carbocycles. The fourth-order valence-corrected chi connectivity index (χ4v) is 2.83. The van der Waals surface area contributed by atoms with Crippen molar-refractivity contribution in [2.24, 2.45) is 0 Å². The zero-order chi connectivity index (χ0) is 13.2. The fourth-order valence-electron chi connectivity index (χ4n) is 2.34. The first-order chi connectivity index (χ1) is 8.49. The molecule has 1 aliphatic carbocycles. The molecule has 0 heterocycles. The standard InChI is InChI=1S/C13H19NO3S/c1-17-11-5-3-10-4-6-13(12(10)9-11)14-7-8-18(2,15)16/h3,5,9,13-14H,4,6-8H2,1-2H3. The van der Waals surface area contributed by atoms with Crippen LogP contribution < -0.4 is 10.1 Å². The minimum absolute atomic E-state index is 0.183. The summed E-state index contributed by atoms with van der Waals surface area (Å²) in [6, 6.07) is 6.35. The summed E-state index contributed by atoms with van der Waals surface area (Å²) in [4.78, 5) is 0. The topological polar surface area (TPSA) is 55.4 Å². The van der Waals surface area contributed by atoms with Crippen LogP contribution in [0.4, 0.5) is 0 Å². The van der Waals surface area contributed by atoms with Crippen LogP contribution in [-0.4, -0.2) is 34.1 Å². The molecule has 1 aliphatic rings. The van der Waals surface area contributed by atoms with Crippen molar-refractivity contribution in [2.45, 2.75) is 18.9 Å². The molecule has 0 aliphatic heterocycles. The number of hydrogen-bond acceptors (Lipinski definition) is 4. The number of sulfone groups is 1. The number of hydrogen-bond donors (Lipinski definition) is 1. The number of aryl methyl sites for hydroxylation is 1. The predicted octanol–water partition coefficient (Wildman–Crippen LogP) is 1.32. The van der Waals surface area contributed by atoms with E-state index in [-0.39, 0.29) is 11.8 Å². The smallest absolute Gasteiger partial charge is 0.148 e. The van der Waals surface area contributed by atoms with Gasteiger partial charge in [0.2, 0.25) is 0 Å². The van der Waals surface area contributed by atoms with Crippen LogP contribution in [0.25, 0.3) is 0 Å². The lowest BCUT2D eigenvalue weighted by atomic mass is 10.1. The molecule has 0 fully saturated rings. The molecule has 2 rings (SSSR count). The third-order valence-corrected chi connectivity index (χ3v) is 4.24. The lowest BCUT2D eigenvalue weighted by Crippen LogP contribution is -2.25. The summed E-state index contributed by atoms with van der Waals surface area (Å²) in [7, 11) is -1.24. The van der Waals surface area contributed by atoms with Gasteiger partial charge in [0.25, 0.3) is 0 Å². The quantitative estimate of drug-likeness (QED) is 0.876. The summed E-state index contributed by atoms with van der Waals surface area (Å²) >= 11 is 0. The van der Waals surface area contributed by atoms with Gasteiger partial charge >= 0.3 is 0 Å². The Hall–Kier alpha value is -1.07. The van der Waals surface area contributed by atoms with Crippen molar-refractivity contribution in [3.05, 3.63) is 29.3 Å². The summed E-state index contributed by atoms with van der Waals surface area (Å²) in [5.41, 5.74) is 2.57. The first kappa shape index (κ1) is 13.4. The molecule has 1 atom stereocenters. The molecule has 1 N–H and O–H groups in total. The number of benzene rings is 1. The zero-order valence-corrected chi connectivity index (χ0v) is 11.6. The Balaban J connectivity index is 2.02. The van der Waals surface area contributed by atoms with Crippen molar-refractivity contribution in [2.75, 3.05) is 25.7 Å². The summed E-state index contributed by atoms with van der Waals surface area (Å²) < 4.78 is 27.4. The third kappa shape index (κ3) is 3.23. The number of nitrogens with one attached hydrogen (secondary N) is 1. The number of methoxy groups -OCH3 is 1. The van der Waals surface area contributed by atoms with Crippen LogP contribution in [0.2, 0.25) is 0 Å². The second-order valence-electron chi connectivity index (χ2n) is 4.74. The van der Waals surface area contributed by atoms with E-state index < -0.39 is 9.84 Å². The van der Waals surface area contributed by atoms with Crippen LogP contribution in [0.5, 0.6) is 5.75 Å². The number of rotatable bonds is 5. The molecule has 0 aromatic heterocycles. The van der Waals surface area contributed by atoms with Crippen molar-refractivity contribution in [3.63, 3.8) is 0 Å². The molecule has 0 saturated heterocycles. The molecule has 0 spiro atoms. The average molecular weight is 269 g/mol. The summed E-state index contributed by atoms with van der Waals surface area (Å²) in [5, 5.41) is 3.31. The highest BCUT2D eigenvalue weighted by Gasteiger charge is 2.22. The Morgan fingerprint density at radius 3 is 2.89 bits per heavy atom. The predicted molar refractivity (Wildman–Crippen MR) is 71.8 cm³/mol. The van der Waals surface area contributed by atoms with Gasteiger partial charge in [-0.3, -0.25) is 0 Å². The van der Waals surface area contributed by atoms with Crippen molar-refractivity contribution in [1.29, 1.82) is 0 Å². The fraction of sp³-hybridized carbons (Fsp3) is 0.538. The first-order valence-corrected chi connectivity index (χ1v) is 8.13. The summed E-state index contributed by atoms with van der Waals surface area (Å²) in [6.07, 6.45) is 3.32. The zero-order valence-electron chi connectivity index (χ0n) is 10.8. The van der Waals surface area contributed by atoms with E-state index in [4.69, 9.17) is 4.74 Å². The second kappa shape index (κ2) is 5.28. The minimum atomic E-state index is -2.89. The lowest BCUT2D eigenvalue weighted by Gasteiger charge is -2.14. The van der Waals surface area contributed by atoms with Gasteiger partial charge < -0.3 is 10.1 Å². The molecule has 1 aromatic rings. The van der Waals surface area contributed by atoms with Gasteiger partial charge in [0.1, 0.15) is 15.6 Å². The maximum absolute atomic E-state index is 11.1. The van der Waals surface area contributed by atoms with Crippen LogP contribution in [0, 0.1) is 0 Å². The van der Waals surface area contributed by atoms with Crippen LogP contribution in [0.3, 0.4) is 0 Å². The van der Waals surface area contributed by atoms with Gasteiger partial charge in [-0.1, -0.05) is 6.07 Å². The number of ether oxygens (including phenoxy) is 1. The van der Waals surface area contributed by atoms with E-state index in [1.54, 1.807) is 7.11 Å². The SMILES string of the molecule is COc1ccc2c(c1)C(NCCS(C)(=O)=O)CC2. The van der Waals surface area contributed by atoms with Crippen molar-refractivity contribution in [1.82, 2.24) is 5.32 Å². The van der Waals surface area contributed by atoms with E-state index in [1.807, 2.05) is 12.1 Å². The van der Waals surface area contributed by atoms with Gasteiger partial charge in [0.15, 0.2) is 0 Å². The van der Waals surface area contributed by atoms with Crippen molar-refractivity contribution < 1.29 is 13.2 Å². The Morgan fingerprint density at radius 1 is 1.44 bits per heavy atom. The average Bonchev–Trinajstić information content (AvgIpc) is 2.70. The van der Waals surface area contributed by atoms with E-state index in [1.165, 1.54) is 17.4 Å². The van der Waals surface area contributed by atoms with E-state index in [0.29, 0.717) is 6.54 Å². The molecule has 0 radical (unpaired) electrons. The van der Waals surface area contributed by atoms with E-state index in [0.717, 1.165) is 18.6 Å². The first-order valence-electron chi connectivity index (χ1n) is 6.07. The van der Waals surface area contributed by atoms with Gasteiger partial charge in [-0.2, -0.15) is 0 Å². The third-order valence-electron chi connectivity index (χ3n) is 3.29. The molecule has 100 valence electrons. The van der Waals surface area contributed by atoms with E-state index in [2.05, 4.69) is 11.4 Å². The van der Waals surface area contributed by atoms with Gasteiger partial charge in [-0.05, 0) is 36.1 Å². The molecular weight excluding hydrogens is 250 g/mol. The summed E-state index contributed by atoms with van der Waals surface area (Å²) in [5.74, 6) is 1.04. The Morgan fingerprint density at radius 2 is 2.22 bits per heavy atom. The normalized spacial score (nSPS) is 18.7. The largest absolute Gasteiger partial charge is 0.497 e. The van der Waals surface area contributed by atoms with Gasteiger partial charge in [-0.15, -0.1) is 0 Å². The Labute approximate surface area is 108 Å². The van der Waals surface area contributed by atoms with Crippen LogP contribution in [0.1, 0.15) is 23.6 Å². The van der Waals surface area contributed by atoms with Gasteiger partial charge in [0, 0.05) is 18.8 Å². The maximum Gasteiger partial charge on any atom is 0.148 e. The van der Waals surface area contributed by atoms with Crippen molar-refractivity contribution in [3.8, 4) is 5.75 Å². The van der Waals surface area contributed by atoms with Crippen LogP contribution in [-0.2, 0) is 16.3 Å². The number of fused-ring (bicyclic) bond motifs is 1. The molecule has 0 bridgehead atoms. The molecule has 1 unspecified atom stereocenters. The van der Waals surface area contributed by atoms with Gasteiger partial charge in [0.05, 0.1) is 12.9 Å². The van der Waals surface area contributed by atoms with Crippen LogP contribution in [0.15, 0.2) is 18.2 Å². The maximum atomic E-state index is 11.1. The van der Waals surface area contributed by atoms with Crippen LogP contribution >= 0.6 is 0 Å². The molecule has 0 saturated carbocycles. The highest BCUT2D eigenvalue weighted by molar-refractivity contribution is 7.90. The Bertz CT molecular complexity index is 525. The van der Waals surface area contributed by atoms with E-state index in [9.17, 15) is 8.42 Å². The van der Waals surface area contributed by atoms with Gasteiger partial charge in [-0.25, -0.2) is 8.42 Å². The summed E-state index contributed by atoms with van der Waals surface area (Å²) in [6.45, 7) is 0.500. The highest BCUT2D eigenvalue weighted by Crippen LogP contribution is 2.33. The second-order valence-corrected chi connectivity index (χ2v) is 7.00. The lowest BCUT2D eigenvalue weighted by molar-refractivity contribution is 0.413. The minimum Gasteiger partial charge on any atom is -0.497 e. The molecule has 4 nitrogen and oxygen atoms in total. The van der Waals surface area contributed by atoms with Crippen molar-refractivity contribution >= 4 is 9.84 Å². The molecule has 18 heavy (non-hydrogen) atoms. The highest BCUT2D eigenvalue weighted by atomic mass is 32.2. The molecule has 5 heteroatoms. The molecule has 0 amide bonds. The Kier molecular flexibility index (Phi) is 3.92. The van der Waals surface area contributed by atoms with E-state index >= 15 is 0 Å². The monoisotopic (exact) mass is 269 g/mol. The molecular formula is C13H19NO3S.